The van der Waals surface area contributed by atoms with Crippen LogP contribution in [-0.4, -0.2) is 114 Å². The molecular weight excluding hydrogens is 985 g/mol. The van der Waals surface area contributed by atoms with Gasteiger partial charge in [0.2, 0.25) is 0 Å². The fourth-order valence-electron chi connectivity index (χ4n) is 5.67. The predicted octanol–water partition coefficient (Wildman–Crippen LogP) is 9.06. The number of anilines is 6. The van der Waals surface area contributed by atoms with Crippen molar-refractivity contribution < 1.29 is 85.8 Å². The number of ether oxygens (including phenoxy) is 9. The first-order chi connectivity index (χ1) is 35.5. The third-order valence-corrected chi connectivity index (χ3v) is 10.1. The first-order valence-electron chi connectivity index (χ1n) is 22.9. The second kappa shape index (κ2) is 30.1. The molecule has 75 heavy (non-hydrogen) atoms. The number of rotatable bonds is 25. The van der Waals surface area contributed by atoms with Gasteiger partial charge in [-0.3, -0.25) is 31.9 Å². The Labute approximate surface area is 432 Å². The summed E-state index contributed by atoms with van der Waals surface area (Å²) in [5.41, 5.74) is 2.36. The molecule has 24 heteroatoms. The fraction of sp³-hybridized carbons (Fsp3) is 0.353. The van der Waals surface area contributed by atoms with Gasteiger partial charge in [-0.05, 0) is 101 Å². The Morgan fingerprint density at radius 2 is 0.627 bits per heavy atom. The number of hydrogen-bond donors (Lipinski definition) is 6. The summed E-state index contributed by atoms with van der Waals surface area (Å²) in [6, 6.07) is 13.7. The predicted molar refractivity (Wildman–Crippen MR) is 273 cm³/mol. The van der Waals surface area contributed by atoms with E-state index in [1.54, 1.807) is 45.9 Å². The van der Waals surface area contributed by atoms with Crippen molar-refractivity contribution in [1.29, 1.82) is 0 Å². The van der Waals surface area contributed by atoms with Gasteiger partial charge in [-0.25, -0.2) is 43.2 Å². The number of esters is 3. The maximum atomic E-state index is 13.3. The van der Waals surface area contributed by atoms with Crippen LogP contribution < -0.4 is 31.9 Å². The summed E-state index contributed by atoms with van der Waals surface area (Å²) in [4.78, 5) is 112. The van der Waals surface area contributed by atoms with Crippen LogP contribution in [0.2, 0.25) is 0 Å². The number of hydrogen-bond acceptors (Lipinski definition) is 18. The van der Waals surface area contributed by atoms with E-state index in [4.69, 9.17) is 42.6 Å². The maximum absolute atomic E-state index is 13.3. The number of amides is 6. The van der Waals surface area contributed by atoms with Crippen LogP contribution in [0.4, 0.5) is 62.9 Å². The summed E-state index contributed by atoms with van der Waals surface area (Å²) in [6.07, 6.45) is -5.41. The zero-order valence-corrected chi connectivity index (χ0v) is 42.7. The first kappa shape index (κ1) is 60.2. The van der Waals surface area contributed by atoms with E-state index in [1.165, 1.54) is 57.2 Å². The van der Waals surface area contributed by atoms with E-state index in [0.717, 1.165) is 0 Å². The number of aryl methyl sites for hydroxylation is 3. The molecule has 0 bridgehead atoms. The summed E-state index contributed by atoms with van der Waals surface area (Å²) >= 11 is 0. The molecule has 0 aliphatic heterocycles. The van der Waals surface area contributed by atoms with E-state index in [9.17, 15) is 43.2 Å². The van der Waals surface area contributed by atoms with Gasteiger partial charge < -0.3 is 42.6 Å². The van der Waals surface area contributed by atoms with Gasteiger partial charge in [-0.15, -0.1) is 0 Å². The maximum Gasteiger partial charge on any atom is 0.411 e. The van der Waals surface area contributed by atoms with Crippen LogP contribution in [0.1, 0.15) is 50.8 Å². The third kappa shape index (κ3) is 22.1. The topological polar surface area (TPSA) is 309 Å². The number of carbonyl (C=O) groups excluding carboxylic acids is 9. The fourth-order valence-corrected chi connectivity index (χ4v) is 5.67. The lowest BCUT2D eigenvalue weighted by molar-refractivity contribution is -0.140. The Bertz CT molecular complexity index is 2350. The summed E-state index contributed by atoms with van der Waals surface area (Å²) in [6.45, 7) is 18.8. The van der Waals surface area contributed by atoms with E-state index < -0.39 is 79.7 Å². The van der Waals surface area contributed by atoms with Crippen LogP contribution in [-0.2, 0) is 57.0 Å². The second-order valence-electron chi connectivity index (χ2n) is 16.6. The molecule has 0 aliphatic rings. The van der Waals surface area contributed by atoms with Crippen molar-refractivity contribution in [2.75, 3.05) is 91.4 Å². The van der Waals surface area contributed by atoms with Gasteiger partial charge in [0.15, 0.2) is 0 Å². The third-order valence-electron chi connectivity index (χ3n) is 10.1. The minimum atomic E-state index is -1.38. The van der Waals surface area contributed by atoms with Gasteiger partial charge in [0.1, 0.15) is 59.5 Å². The minimum absolute atomic E-state index is 0.105. The van der Waals surface area contributed by atoms with Crippen molar-refractivity contribution >= 4 is 88.6 Å². The molecule has 0 heterocycles. The second-order valence-corrected chi connectivity index (χ2v) is 16.6. The Kier molecular flexibility index (Phi) is 24.1. The molecule has 0 aliphatic carbocycles. The lowest BCUT2D eigenvalue weighted by Crippen LogP contribution is -2.40. The van der Waals surface area contributed by atoms with Crippen LogP contribution in [0, 0.1) is 26.2 Å². The molecule has 3 rings (SSSR count). The van der Waals surface area contributed by atoms with Crippen molar-refractivity contribution in [3.63, 3.8) is 0 Å². The summed E-state index contributed by atoms with van der Waals surface area (Å²) in [5, 5.41) is 15.3. The van der Waals surface area contributed by atoms with Crippen LogP contribution >= 0.6 is 0 Å². The molecule has 0 unspecified atom stereocenters. The molecule has 0 aromatic heterocycles. The molecule has 3 aromatic carbocycles. The molecule has 0 radical (unpaired) electrons. The van der Waals surface area contributed by atoms with Crippen molar-refractivity contribution in [3.05, 3.63) is 108 Å². The number of nitrogens with one attached hydrogen (secondary N) is 6. The highest BCUT2D eigenvalue weighted by Crippen LogP contribution is 2.28. The first-order valence-corrected chi connectivity index (χ1v) is 22.9. The van der Waals surface area contributed by atoms with E-state index in [1.807, 2.05) is 0 Å². The summed E-state index contributed by atoms with van der Waals surface area (Å²) in [7, 11) is 0. The quantitative estimate of drug-likeness (QED) is 0.0199. The van der Waals surface area contributed by atoms with E-state index in [-0.39, 0.29) is 96.9 Å². The molecule has 24 nitrogen and oxygen atoms in total. The van der Waals surface area contributed by atoms with Gasteiger partial charge in [0.25, 0.3) is 0 Å². The molecule has 0 saturated heterocycles. The van der Waals surface area contributed by atoms with Gasteiger partial charge >= 0.3 is 54.5 Å². The monoisotopic (exact) mass is 1050 g/mol. The Hall–Kier alpha value is -9.09. The number of carbonyl (C=O) groups is 9. The van der Waals surface area contributed by atoms with Gasteiger partial charge in [-0.2, -0.15) is 0 Å². The summed E-state index contributed by atoms with van der Waals surface area (Å²) < 4.78 is 46.8. The average Bonchev–Trinajstić information content (AvgIpc) is 3.35. The zero-order valence-electron chi connectivity index (χ0n) is 42.7. The lowest BCUT2D eigenvalue weighted by Gasteiger charge is -2.31. The molecule has 404 valence electrons. The van der Waals surface area contributed by atoms with E-state index >= 15 is 0 Å². The molecule has 0 saturated carbocycles. The molecule has 6 amide bonds. The van der Waals surface area contributed by atoms with Gasteiger partial charge in [0, 0.05) is 50.8 Å². The van der Waals surface area contributed by atoms with Gasteiger partial charge in [-0.1, -0.05) is 44.9 Å². The Morgan fingerprint density at radius 3 is 0.867 bits per heavy atom. The van der Waals surface area contributed by atoms with E-state index in [2.05, 4.69) is 51.6 Å². The summed E-state index contributed by atoms with van der Waals surface area (Å²) in [5.74, 6) is -1.91. The standard InChI is InChI=1S/C51H62N6O18/c1-11-51(27-73-45(61)52-36-15-12-33(8)39(24-36)55-48(64)70-21-18-67-42(58)30(2)3,28-74-46(62)53-37-16-13-34(9)40(25-37)56-49(65)71-22-19-68-43(59)31(4)5)29-75-47(63)54-38-17-14-35(10)41(26-38)57-50(66)72-23-20-69-44(60)32(6)7/h12-17,24-26H,2,4,6,11,18-23,27-29H2,1,3,5,7-10H3,(H,52,61)(H,53,62)(H,54,63)(H,55,64)(H,56,65)(H,57,66). The van der Waals surface area contributed by atoms with Gasteiger partial charge in [0.05, 0.1) is 5.41 Å². The van der Waals surface area contributed by atoms with E-state index in [0.29, 0.717) is 16.7 Å². The van der Waals surface area contributed by atoms with Crippen molar-refractivity contribution in [3.8, 4) is 0 Å². The van der Waals surface area contributed by atoms with Crippen LogP contribution in [0.15, 0.2) is 91.1 Å². The molecular formula is C51H62N6O18. The SMILES string of the molecule is C=C(C)C(=O)OCCOC(=O)Nc1cc(NC(=O)OCC(CC)(COC(=O)Nc2ccc(C)c(NC(=O)OCCOC(=O)C(=C)C)c2)COC(=O)Nc2ccc(C)c(NC(=O)OCCOC(=O)C(=C)C)c2)ccc1C. The van der Waals surface area contributed by atoms with Crippen LogP contribution in [0.3, 0.4) is 0 Å². The highest BCUT2D eigenvalue weighted by atomic mass is 16.6. The van der Waals surface area contributed by atoms with Crippen molar-refractivity contribution in [2.24, 2.45) is 5.41 Å². The Balaban J connectivity index is 1.72. The number of benzene rings is 3. The average molecular weight is 1050 g/mol. The Morgan fingerprint density at radius 1 is 0.387 bits per heavy atom. The normalized spacial score (nSPS) is 10.4. The molecule has 6 N–H and O–H groups in total. The highest BCUT2D eigenvalue weighted by Gasteiger charge is 2.35. The van der Waals surface area contributed by atoms with Crippen LogP contribution in [0.25, 0.3) is 0 Å². The van der Waals surface area contributed by atoms with Crippen LogP contribution in [0.5, 0.6) is 0 Å². The zero-order chi connectivity index (χ0) is 55.7. The lowest BCUT2D eigenvalue weighted by atomic mass is 9.88. The minimum Gasteiger partial charge on any atom is -0.459 e. The molecule has 3 aromatic rings. The molecule has 0 fully saturated rings. The molecule has 0 spiro atoms. The van der Waals surface area contributed by atoms with Crippen molar-refractivity contribution in [2.45, 2.75) is 54.9 Å². The molecule has 0 atom stereocenters. The largest absolute Gasteiger partial charge is 0.459 e. The van der Waals surface area contributed by atoms with Crippen molar-refractivity contribution in [1.82, 2.24) is 0 Å². The highest BCUT2D eigenvalue weighted by molar-refractivity contribution is 5.92. The smallest absolute Gasteiger partial charge is 0.411 e.